The van der Waals surface area contributed by atoms with E-state index in [2.05, 4.69) is 0 Å². The van der Waals surface area contributed by atoms with Gasteiger partial charge in [0.2, 0.25) is 5.91 Å². The lowest BCUT2D eigenvalue weighted by molar-refractivity contribution is -0.128. The Balaban J connectivity index is 1.63. The molecule has 108 valence electrons. The number of ether oxygens (including phenoxy) is 1. The molecule has 3 rings (SSSR count). The van der Waals surface area contributed by atoms with Crippen LogP contribution in [0.4, 0.5) is 0 Å². The monoisotopic (exact) mass is 301 g/mol. The second kappa shape index (κ2) is 6.19. The van der Waals surface area contributed by atoms with Crippen LogP contribution in [0.3, 0.4) is 0 Å². The summed E-state index contributed by atoms with van der Waals surface area (Å²) >= 11 is 6.00. The molecule has 1 amide bonds. The Labute approximate surface area is 129 Å². The van der Waals surface area contributed by atoms with E-state index in [1.807, 2.05) is 54.6 Å². The summed E-state index contributed by atoms with van der Waals surface area (Å²) in [5.74, 6) is 1.72. The normalized spacial score (nSPS) is 18.0. The zero-order chi connectivity index (χ0) is 14.7. The Hall–Kier alpha value is -2.00. The summed E-state index contributed by atoms with van der Waals surface area (Å²) in [6.07, 6.45) is 0.441. The molecule has 1 aliphatic rings. The standard InChI is InChI=1S/C17H16ClNO2/c18-14-10-17(20)19(12-14)11-13-6-8-16(9-7-13)21-15-4-2-1-3-5-15/h1-9,14H,10-12H2. The maximum absolute atomic E-state index is 11.7. The van der Waals surface area contributed by atoms with Gasteiger partial charge in [0.15, 0.2) is 0 Å². The van der Waals surface area contributed by atoms with Crippen LogP contribution < -0.4 is 4.74 Å². The Morgan fingerprint density at radius 1 is 1.05 bits per heavy atom. The van der Waals surface area contributed by atoms with Crippen LogP contribution in [0.1, 0.15) is 12.0 Å². The van der Waals surface area contributed by atoms with Crippen LogP contribution in [0.5, 0.6) is 11.5 Å². The summed E-state index contributed by atoms with van der Waals surface area (Å²) in [5, 5.41) is -0.0572. The number of amides is 1. The van der Waals surface area contributed by atoms with Gasteiger partial charge < -0.3 is 9.64 Å². The number of benzene rings is 2. The zero-order valence-corrected chi connectivity index (χ0v) is 12.3. The fourth-order valence-corrected chi connectivity index (χ4v) is 2.68. The van der Waals surface area contributed by atoms with Gasteiger partial charge in [-0.05, 0) is 29.8 Å². The highest BCUT2D eigenvalue weighted by atomic mass is 35.5. The van der Waals surface area contributed by atoms with Crippen molar-refractivity contribution in [3.05, 3.63) is 60.2 Å². The molecule has 0 aromatic heterocycles. The number of halogens is 1. The molecular weight excluding hydrogens is 286 g/mol. The third-order valence-corrected chi connectivity index (χ3v) is 3.74. The predicted molar refractivity (Wildman–Crippen MR) is 82.6 cm³/mol. The number of carbonyl (C=O) groups is 1. The Bertz CT molecular complexity index is 612. The summed E-state index contributed by atoms with van der Waals surface area (Å²) in [6, 6.07) is 17.4. The van der Waals surface area contributed by atoms with Gasteiger partial charge >= 0.3 is 0 Å². The minimum Gasteiger partial charge on any atom is -0.457 e. The molecule has 4 heteroatoms. The maximum atomic E-state index is 11.7. The molecule has 1 atom stereocenters. The van der Waals surface area contributed by atoms with Crippen molar-refractivity contribution in [1.29, 1.82) is 0 Å². The summed E-state index contributed by atoms with van der Waals surface area (Å²) in [6.45, 7) is 1.23. The SMILES string of the molecule is O=C1CC(Cl)CN1Cc1ccc(Oc2ccccc2)cc1. The number of hydrogen-bond donors (Lipinski definition) is 0. The highest BCUT2D eigenvalue weighted by Gasteiger charge is 2.27. The van der Waals surface area contributed by atoms with Crippen molar-refractivity contribution in [3.63, 3.8) is 0 Å². The smallest absolute Gasteiger partial charge is 0.224 e. The first kappa shape index (κ1) is 14.0. The molecule has 1 unspecified atom stereocenters. The molecule has 0 aliphatic carbocycles. The molecule has 2 aromatic carbocycles. The van der Waals surface area contributed by atoms with Crippen molar-refractivity contribution in [1.82, 2.24) is 4.90 Å². The summed E-state index contributed by atoms with van der Waals surface area (Å²) in [4.78, 5) is 13.5. The third-order valence-electron chi connectivity index (χ3n) is 3.44. The summed E-state index contributed by atoms with van der Waals surface area (Å²) < 4.78 is 5.74. The second-order valence-electron chi connectivity index (χ2n) is 5.13. The van der Waals surface area contributed by atoms with Crippen LogP contribution in [0, 0.1) is 0 Å². The van der Waals surface area contributed by atoms with Gasteiger partial charge in [-0.1, -0.05) is 30.3 Å². The van der Waals surface area contributed by atoms with Crippen molar-refractivity contribution in [3.8, 4) is 11.5 Å². The van der Waals surface area contributed by atoms with E-state index in [0.717, 1.165) is 17.1 Å². The fourth-order valence-electron chi connectivity index (χ4n) is 2.38. The Morgan fingerprint density at radius 2 is 1.71 bits per heavy atom. The Kier molecular flexibility index (Phi) is 4.11. The van der Waals surface area contributed by atoms with Crippen LogP contribution in [0.25, 0.3) is 0 Å². The largest absolute Gasteiger partial charge is 0.457 e. The van der Waals surface area contributed by atoms with Crippen LogP contribution in [-0.2, 0) is 11.3 Å². The van der Waals surface area contributed by atoms with Crippen LogP contribution in [-0.4, -0.2) is 22.7 Å². The molecule has 0 bridgehead atoms. The number of hydrogen-bond acceptors (Lipinski definition) is 2. The van der Waals surface area contributed by atoms with E-state index >= 15 is 0 Å². The first-order chi connectivity index (χ1) is 10.2. The molecule has 3 nitrogen and oxygen atoms in total. The average molecular weight is 302 g/mol. The van der Waals surface area contributed by atoms with E-state index in [1.54, 1.807) is 4.90 Å². The van der Waals surface area contributed by atoms with E-state index in [9.17, 15) is 4.79 Å². The van der Waals surface area contributed by atoms with Gasteiger partial charge in [0, 0.05) is 19.5 Å². The average Bonchev–Trinajstić information content (AvgIpc) is 2.80. The molecular formula is C17H16ClNO2. The van der Waals surface area contributed by atoms with Crippen molar-refractivity contribution in [2.45, 2.75) is 18.3 Å². The van der Waals surface area contributed by atoms with E-state index in [0.29, 0.717) is 19.5 Å². The van der Waals surface area contributed by atoms with Gasteiger partial charge in [-0.2, -0.15) is 0 Å². The van der Waals surface area contributed by atoms with Gasteiger partial charge in [-0.15, -0.1) is 11.6 Å². The van der Waals surface area contributed by atoms with Crippen molar-refractivity contribution < 1.29 is 9.53 Å². The first-order valence-corrected chi connectivity index (χ1v) is 7.38. The molecule has 0 spiro atoms. The molecule has 0 radical (unpaired) electrons. The summed E-state index contributed by atoms with van der Waals surface area (Å²) in [5.41, 5.74) is 1.08. The lowest BCUT2D eigenvalue weighted by atomic mass is 10.2. The molecule has 2 aromatic rings. The molecule has 21 heavy (non-hydrogen) atoms. The van der Waals surface area contributed by atoms with Crippen LogP contribution in [0.2, 0.25) is 0 Å². The Morgan fingerprint density at radius 3 is 2.33 bits per heavy atom. The molecule has 0 saturated carbocycles. The van der Waals surface area contributed by atoms with Gasteiger partial charge in [-0.3, -0.25) is 4.79 Å². The quantitative estimate of drug-likeness (QED) is 0.804. The highest BCUT2D eigenvalue weighted by Crippen LogP contribution is 2.23. The fraction of sp³-hybridized carbons (Fsp3) is 0.235. The maximum Gasteiger partial charge on any atom is 0.224 e. The number of carbonyl (C=O) groups excluding carboxylic acids is 1. The number of alkyl halides is 1. The number of para-hydroxylation sites is 1. The molecule has 1 saturated heterocycles. The van der Waals surface area contributed by atoms with Gasteiger partial charge in [0.1, 0.15) is 11.5 Å². The lowest BCUT2D eigenvalue weighted by Crippen LogP contribution is -2.24. The van der Waals surface area contributed by atoms with Gasteiger partial charge in [0.25, 0.3) is 0 Å². The molecule has 0 N–H and O–H groups in total. The lowest BCUT2D eigenvalue weighted by Gasteiger charge is -2.16. The molecule has 1 fully saturated rings. The molecule has 1 heterocycles. The minimum absolute atomic E-state index is 0.0572. The highest BCUT2D eigenvalue weighted by molar-refractivity contribution is 6.22. The van der Waals surface area contributed by atoms with Gasteiger partial charge in [0.05, 0.1) is 5.38 Å². The van der Waals surface area contributed by atoms with Crippen molar-refractivity contribution in [2.24, 2.45) is 0 Å². The van der Waals surface area contributed by atoms with Crippen molar-refractivity contribution >= 4 is 17.5 Å². The first-order valence-electron chi connectivity index (χ1n) is 6.94. The third kappa shape index (κ3) is 3.56. The zero-order valence-electron chi connectivity index (χ0n) is 11.5. The van der Waals surface area contributed by atoms with Gasteiger partial charge in [-0.25, -0.2) is 0 Å². The minimum atomic E-state index is -0.0572. The van der Waals surface area contributed by atoms with E-state index in [4.69, 9.17) is 16.3 Å². The summed E-state index contributed by atoms with van der Waals surface area (Å²) in [7, 11) is 0. The van der Waals surface area contributed by atoms with Crippen LogP contribution in [0.15, 0.2) is 54.6 Å². The van der Waals surface area contributed by atoms with E-state index in [-0.39, 0.29) is 11.3 Å². The number of likely N-dealkylation sites (tertiary alicyclic amines) is 1. The topological polar surface area (TPSA) is 29.5 Å². The van der Waals surface area contributed by atoms with E-state index in [1.165, 1.54) is 0 Å². The second-order valence-corrected chi connectivity index (χ2v) is 5.75. The molecule has 1 aliphatic heterocycles. The number of rotatable bonds is 4. The van der Waals surface area contributed by atoms with E-state index < -0.39 is 0 Å². The number of nitrogens with zero attached hydrogens (tertiary/aromatic N) is 1. The predicted octanol–water partition coefficient (Wildman–Crippen LogP) is 3.82. The van der Waals surface area contributed by atoms with Crippen molar-refractivity contribution in [2.75, 3.05) is 6.54 Å². The van der Waals surface area contributed by atoms with Crippen LogP contribution >= 0.6 is 11.6 Å².